The van der Waals surface area contributed by atoms with Crippen LogP contribution < -0.4 is 5.73 Å². The summed E-state index contributed by atoms with van der Waals surface area (Å²) in [7, 11) is 0. The van der Waals surface area contributed by atoms with Crippen LogP contribution in [0.5, 0.6) is 0 Å². The number of rotatable bonds is 1. The molecular weight excluding hydrogens is 264 g/mol. The van der Waals surface area contributed by atoms with Gasteiger partial charge in [-0.2, -0.15) is 17.0 Å². The van der Waals surface area contributed by atoms with Gasteiger partial charge < -0.3 is 5.73 Å². The Morgan fingerprint density at radius 1 is 1.33 bits per heavy atom. The Hall–Kier alpha value is -0.930. The Balaban J connectivity index is 2.28. The van der Waals surface area contributed by atoms with Crippen LogP contribution in [0.1, 0.15) is 36.2 Å². The van der Waals surface area contributed by atoms with Crippen molar-refractivity contribution >= 4 is 29.3 Å². The molecule has 2 heterocycles. The molecule has 18 heavy (non-hydrogen) atoms. The van der Waals surface area contributed by atoms with Crippen molar-refractivity contribution in [2.24, 2.45) is 0 Å². The maximum absolute atomic E-state index is 8.96. The molecule has 0 aromatic carbocycles. The van der Waals surface area contributed by atoms with Gasteiger partial charge in [-0.15, -0.1) is 11.8 Å². The minimum atomic E-state index is 0.273. The van der Waals surface area contributed by atoms with E-state index in [0.717, 1.165) is 11.6 Å². The molecule has 0 saturated carbocycles. The molecule has 0 amide bonds. The van der Waals surface area contributed by atoms with Crippen LogP contribution in [0.15, 0.2) is 0 Å². The molecule has 1 aliphatic heterocycles. The summed E-state index contributed by atoms with van der Waals surface area (Å²) in [6.45, 7) is 6.29. The lowest BCUT2D eigenvalue weighted by atomic mass is 10.2. The normalized spacial score (nSPS) is 27.8. The molecule has 2 rings (SSSR count). The van der Waals surface area contributed by atoms with Gasteiger partial charge in [-0.05, 0) is 6.92 Å². The van der Waals surface area contributed by atoms with Gasteiger partial charge in [0.15, 0.2) is 0 Å². The van der Waals surface area contributed by atoms with Gasteiger partial charge in [0.05, 0.1) is 10.9 Å². The zero-order valence-electron chi connectivity index (χ0n) is 10.7. The lowest BCUT2D eigenvalue weighted by Gasteiger charge is -2.30. The lowest BCUT2D eigenvalue weighted by Crippen LogP contribution is -2.23. The number of anilines is 1. The fraction of sp³-hybridized carbons (Fsp3) is 0.583. The Morgan fingerprint density at radius 3 is 2.61 bits per heavy atom. The van der Waals surface area contributed by atoms with Crippen LogP contribution >= 0.6 is 23.5 Å². The fourth-order valence-electron chi connectivity index (χ4n) is 1.82. The van der Waals surface area contributed by atoms with Gasteiger partial charge in [-0.1, -0.05) is 13.8 Å². The molecule has 3 unspecified atom stereocenters. The van der Waals surface area contributed by atoms with Crippen LogP contribution in [-0.2, 0) is 0 Å². The maximum atomic E-state index is 8.96. The van der Waals surface area contributed by atoms with E-state index in [-0.39, 0.29) is 5.25 Å². The SMILES string of the molecule is Cc1nc(C2CSC(C)C(C)S2)nc(N)c1C#N. The second-order valence-corrected chi connectivity index (χ2v) is 7.40. The fourth-order valence-corrected chi connectivity index (χ4v) is 4.66. The number of hydrogen-bond acceptors (Lipinski definition) is 6. The summed E-state index contributed by atoms with van der Waals surface area (Å²) >= 11 is 3.84. The number of thioether (sulfide) groups is 2. The van der Waals surface area contributed by atoms with E-state index in [2.05, 4.69) is 23.8 Å². The van der Waals surface area contributed by atoms with E-state index in [4.69, 9.17) is 11.0 Å². The highest BCUT2D eigenvalue weighted by molar-refractivity contribution is 8.07. The van der Waals surface area contributed by atoms with Crippen LogP contribution in [0.3, 0.4) is 0 Å². The number of nitrogens with zero attached hydrogens (tertiary/aromatic N) is 3. The largest absolute Gasteiger partial charge is 0.382 e. The third-order valence-electron chi connectivity index (χ3n) is 3.09. The number of nitriles is 1. The highest BCUT2D eigenvalue weighted by Crippen LogP contribution is 2.43. The van der Waals surface area contributed by atoms with Crippen LogP contribution in [0.2, 0.25) is 0 Å². The Kier molecular flexibility index (Phi) is 4.03. The van der Waals surface area contributed by atoms with Crippen molar-refractivity contribution in [3.8, 4) is 6.07 Å². The molecule has 0 aliphatic carbocycles. The van der Waals surface area contributed by atoms with E-state index in [1.807, 2.05) is 36.5 Å². The van der Waals surface area contributed by atoms with Gasteiger partial charge in [0, 0.05) is 16.3 Å². The van der Waals surface area contributed by atoms with E-state index in [0.29, 0.717) is 27.6 Å². The standard InChI is InChI=1S/C12H16N4S2/c1-6-9(4-13)11(14)16-12(15-6)10-5-17-7(2)8(3)18-10/h7-8,10H,5H2,1-3H3,(H2,14,15,16). The topological polar surface area (TPSA) is 75.6 Å². The molecule has 0 bridgehead atoms. The summed E-state index contributed by atoms with van der Waals surface area (Å²) in [5.74, 6) is 2.07. The van der Waals surface area contributed by atoms with Gasteiger partial charge in [-0.25, -0.2) is 9.97 Å². The number of nitrogen functional groups attached to an aromatic ring is 1. The molecule has 1 aliphatic rings. The van der Waals surface area contributed by atoms with Crippen LogP contribution in [0.25, 0.3) is 0 Å². The van der Waals surface area contributed by atoms with E-state index in [1.165, 1.54) is 0 Å². The van der Waals surface area contributed by atoms with E-state index >= 15 is 0 Å². The average Bonchev–Trinajstić information content (AvgIpc) is 2.32. The van der Waals surface area contributed by atoms with Gasteiger partial charge in [-0.3, -0.25) is 0 Å². The maximum Gasteiger partial charge on any atom is 0.145 e. The summed E-state index contributed by atoms with van der Waals surface area (Å²) in [6.07, 6.45) is 0. The first-order valence-electron chi connectivity index (χ1n) is 5.84. The predicted molar refractivity (Wildman–Crippen MR) is 77.6 cm³/mol. The van der Waals surface area contributed by atoms with Crippen molar-refractivity contribution in [1.29, 1.82) is 5.26 Å². The zero-order valence-corrected chi connectivity index (χ0v) is 12.3. The van der Waals surface area contributed by atoms with Crippen molar-refractivity contribution < 1.29 is 0 Å². The number of hydrogen-bond donors (Lipinski definition) is 1. The summed E-state index contributed by atoms with van der Waals surface area (Å²) in [5.41, 5.74) is 6.89. The Labute approximate surface area is 116 Å². The molecule has 1 aromatic rings. The summed E-state index contributed by atoms with van der Waals surface area (Å²) in [6, 6.07) is 2.05. The highest BCUT2D eigenvalue weighted by Gasteiger charge is 2.29. The van der Waals surface area contributed by atoms with Crippen molar-refractivity contribution in [3.05, 3.63) is 17.1 Å². The number of aryl methyl sites for hydroxylation is 1. The highest BCUT2D eigenvalue weighted by atomic mass is 32.2. The number of aromatic nitrogens is 2. The minimum Gasteiger partial charge on any atom is -0.382 e. The van der Waals surface area contributed by atoms with Gasteiger partial charge in [0.1, 0.15) is 23.3 Å². The number of nitrogens with two attached hydrogens (primary N) is 1. The third kappa shape index (κ3) is 2.57. The van der Waals surface area contributed by atoms with Gasteiger partial charge in [0.25, 0.3) is 0 Å². The molecular formula is C12H16N4S2. The second-order valence-electron chi connectivity index (χ2n) is 4.41. The summed E-state index contributed by atoms with van der Waals surface area (Å²) in [5, 5.41) is 10.5. The van der Waals surface area contributed by atoms with E-state index in [9.17, 15) is 0 Å². The molecule has 2 N–H and O–H groups in total. The Morgan fingerprint density at radius 2 is 2.06 bits per heavy atom. The summed E-state index contributed by atoms with van der Waals surface area (Å²) in [4.78, 5) is 8.74. The first-order chi connectivity index (χ1) is 8.52. The predicted octanol–water partition coefficient (Wildman–Crippen LogP) is 2.54. The molecule has 3 atom stereocenters. The van der Waals surface area contributed by atoms with Crippen molar-refractivity contribution in [2.45, 2.75) is 36.5 Å². The van der Waals surface area contributed by atoms with Gasteiger partial charge >= 0.3 is 0 Å². The quantitative estimate of drug-likeness (QED) is 0.852. The second kappa shape index (κ2) is 5.37. The monoisotopic (exact) mass is 280 g/mol. The van der Waals surface area contributed by atoms with Crippen molar-refractivity contribution in [2.75, 3.05) is 11.5 Å². The molecule has 96 valence electrons. The molecule has 4 nitrogen and oxygen atoms in total. The smallest absolute Gasteiger partial charge is 0.145 e. The van der Waals surface area contributed by atoms with E-state index < -0.39 is 0 Å². The van der Waals surface area contributed by atoms with Crippen molar-refractivity contribution in [1.82, 2.24) is 9.97 Å². The van der Waals surface area contributed by atoms with Crippen LogP contribution in [0, 0.1) is 18.3 Å². The molecule has 0 radical (unpaired) electrons. The molecule has 1 fully saturated rings. The molecule has 1 saturated heterocycles. The van der Waals surface area contributed by atoms with Crippen LogP contribution in [-0.4, -0.2) is 26.2 Å². The molecule has 6 heteroatoms. The molecule has 0 spiro atoms. The summed E-state index contributed by atoms with van der Waals surface area (Å²) < 4.78 is 0. The first-order valence-corrected chi connectivity index (χ1v) is 7.83. The van der Waals surface area contributed by atoms with E-state index in [1.54, 1.807) is 0 Å². The minimum absolute atomic E-state index is 0.273. The van der Waals surface area contributed by atoms with Crippen LogP contribution in [0.4, 0.5) is 5.82 Å². The van der Waals surface area contributed by atoms with Crippen molar-refractivity contribution in [3.63, 3.8) is 0 Å². The Bertz CT molecular complexity index is 474. The zero-order chi connectivity index (χ0) is 13.3. The van der Waals surface area contributed by atoms with Gasteiger partial charge in [0.2, 0.25) is 0 Å². The third-order valence-corrected chi connectivity index (χ3v) is 6.47. The average molecular weight is 280 g/mol. The lowest BCUT2D eigenvalue weighted by molar-refractivity contribution is 0.853. The molecule has 1 aromatic heterocycles. The first kappa shape index (κ1) is 13.5.